The lowest BCUT2D eigenvalue weighted by atomic mass is 10.1. The normalized spacial score (nSPS) is 22.5. The van der Waals surface area contributed by atoms with E-state index in [0.29, 0.717) is 0 Å². The van der Waals surface area contributed by atoms with Crippen molar-refractivity contribution in [3.05, 3.63) is 35.6 Å². The van der Waals surface area contributed by atoms with E-state index in [4.69, 9.17) is 4.74 Å². The number of hydrogen-bond acceptors (Lipinski definition) is 7. The predicted molar refractivity (Wildman–Crippen MR) is 96.9 cm³/mol. The fourth-order valence-corrected chi connectivity index (χ4v) is 4.80. The van der Waals surface area contributed by atoms with Crippen molar-refractivity contribution in [3.63, 3.8) is 0 Å². The highest BCUT2D eigenvalue weighted by atomic mass is 32.2. The monoisotopic (exact) mass is 410 g/mol. The highest BCUT2D eigenvalue weighted by Crippen LogP contribution is 2.22. The van der Waals surface area contributed by atoms with E-state index in [9.17, 15) is 27.2 Å². The van der Waals surface area contributed by atoms with Crippen molar-refractivity contribution in [2.45, 2.75) is 38.3 Å². The third kappa shape index (κ3) is 4.44. The Morgan fingerprint density at radius 3 is 2.54 bits per heavy atom. The number of nitrogens with zero attached hydrogens (tertiary/aromatic N) is 2. The zero-order valence-electron chi connectivity index (χ0n) is 15.1. The molecule has 150 valence electrons. The van der Waals surface area contributed by atoms with Crippen molar-refractivity contribution in [3.8, 4) is 0 Å². The number of amides is 1. The SMILES string of the molecule is C[C@@H](OC(=O)C1=NN([C@H]2CCS(=O)(=O)C2)C(=O)CC1)C(=O)c1ccc(F)cc1. The van der Waals surface area contributed by atoms with E-state index in [0.717, 1.165) is 17.1 Å². The highest BCUT2D eigenvalue weighted by Gasteiger charge is 2.37. The number of hydrogen-bond donors (Lipinski definition) is 0. The molecule has 2 atom stereocenters. The van der Waals surface area contributed by atoms with Crippen LogP contribution in [-0.4, -0.2) is 60.4 Å². The second kappa shape index (κ2) is 7.78. The Kier molecular flexibility index (Phi) is 5.59. The van der Waals surface area contributed by atoms with Crippen LogP contribution in [0.25, 0.3) is 0 Å². The molecule has 1 amide bonds. The van der Waals surface area contributed by atoms with Gasteiger partial charge in [-0.2, -0.15) is 5.10 Å². The Balaban J connectivity index is 1.69. The number of carbonyl (C=O) groups is 3. The van der Waals surface area contributed by atoms with Crippen molar-refractivity contribution in [2.75, 3.05) is 11.5 Å². The van der Waals surface area contributed by atoms with Gasteiger partial charge in [-0.3, -0.25) is 9.59 Å². The molecule has 0 radical (unpaired) electrons. The van der Waals surface area contributed by atoms with Crippen LogP contribution in [0.2, 0.25) is 0 Å². The lowest BCUT2D eigenvalue weighted by molar-refractivity contribution is -0.139. The van der Waals surface area contributed by atoms with Crippen molar-refractivity contribution in [1.82, 2.24) is 5.01 Å². The summed E-state index contributed by atoms with van der Waals surface area (Å²) in [7, 11) is -3.22. The minimum atomic E-state index is -3.22. The molecule has 0 unspecified atom stereocenters. The van der Waals surface area contributed by atoms with Crippen LogP contribution in [0.3, 0.4) is 0 Å². The summed E-state index contributed by atoms with van der Waals surface area (Å²) in [6, 6.07) is 4.25. The summed E-state index contributed by atoms with van der Waals surface area (Å²) in [6.45, 7) is 1.39. The second-order valence-corrected chi connectivity index (χ2v) is 8.99. The van der Waals surface area contributed by atoms with Crippen LogP contribution in [0.15, 0.2) is 29.4 Å². The summed E-state index contributed by atoms with van der Waals surface area (Å²) in [6.07, 6.45) is -0.812. The van der Waals surface area contributed by atoms with Crippen molar-refractivity contribution in [1.29, 1.82) is 0 Å². The van der Waals surface area contributed by atoms with E-state index in [1.54, 1.807) is 0 Å². The predicted octanol–water partition coefficient (Wildman–Crippen LogP) is 1.11. The van der Waals surface area contributed by atoms with Gasteiger partial charge in [0.1, 0.15) is 11.5 Å². The highest BCUT2D eigenvalue weighted by molar-refractivity contribution is 7.91. The summed E-state index contributed by atoms with van der Waals surface area (Å²) >= 11 is 0. The van der Waals surface area contributed by atoms with E-state index in [2.05, 4.69) is 5.10 Å². The van der Waals surface area contributed by atoms with Crippen LogP contribution in [0.4, 0.5) is 4.39 Å². The van der Waals surface area contributed by atoms with E-state index >= 15 is 0 Å². The molecule has 2 heterocycles. The first-order chi connectivity index (χ1) is 13.2. The molecule has 1 aromatic carbocycles. The Labute approximate surface area is 161 Å². The molecule has 3 rings (SSSR count). The summed E-state index contributed by atoms with van der Waals surface area (Å²) < 4.78 is 41.4. The molecule has 0 N–H and O–H groups in total. The maximum absolute atomic E-state index is 13.0. The van der Waals surface area contributed by atoms with Gasteiger partial charge >= 0.3 is 5.97 Å². The fraction of sp³-hybridized carbons (Fsp3) is 0.444. The number of ether oxygens (including phenoxy) is 1. The smallest absolute Gasteiger partial charge is 0.355 e. The Morgan fingerprint density at radius 1 is 1.25 bits per heavy atom. The van der Waals surface area contributed by atoms with Crippen LogP contribution >= 0.6 is 0 Å². The molecule has 2 aliphatic heterocycles. The molecule has 0 bridgehead atoms. The molecule has 2 aliphatic rings. The molecule has 0 saturated carbocycles. The van der Waals surface area contributed by atoms with Gasteiger partial charge in [0.05, 0.1) is 17.5 Å². The standard InChI is InChI=1S/C18H19FN2O6S/c1-11(17(23)12-2-4-13(19)5-3-12)27-18(24)15-6-7-16(22)21(20-15)14-8-9-28(25,26)10-14/h2-5,11,14H,6-10H2,1H3/t11-,14+/m1/s1. The minimum Gasteiger partial charge on any atom is -0.450 e. The molecular weight excluding hydrogens is 391 g/mol. The Hall–Kier alpha value is -2.62. The van der Waals surface area contributed by atoms with Gasteiger partial charge in [-0.25, -0.2) is 22.6 Å². The first-order valence-electron chi connectivity index (χ1n) is 8.77. The lowest BCUT2D eigenvalue weighted by Crippen LogP contribution is -2.42. The zero-order chi connectivity index (χ0) is 20.5. The van der Waals surface area contributed by atoms with Crippen LogP contribution in [0, 0.1) is 5.82 Å². The van der Waals surface area contributed by atoms with Gasteiger partial charge in [0.25, 0.3) is 0 Å². The number of esters is 1. The van der Waals surface area contributed by atoms with Crippen LogP contribution in [0.5, 0.6) is 0 Å². The van der Waals surface area contributed by atoms with E-state index in [1.807, 2.05) is 0 Å². The third-order valence-corrected chi connectivity index (χ3v) is 6.38. The molecule has 1 fully saturated rings. The summed E-state index contributed by atoms with van der Waals surface area (Å²) in [4.78, 5) is 36.8. The first-order valence-corrected chi connectivity index (χ1v) is 10.6. The Bertz CT molecular complexity index is 941. The maximum atomic E-state index is 13.0. The maximum Gasteiger partial charge on any atom is 0.355 e. The van der Waals surface area contributed by atoms with Crippen molar-refractivity contribution >= 4 is 33.2 Å². The topological polar surface area (TPSA) is 110 Å². The molecular formula is C18H19FN2O6S. The fourth-order valence-electron chi connectivity index (χ4n) is 3.10. The van der Waals surface area contributed by atoms with Crippen molar-refractivity contribution < 1.29 is 31.9 Å². The molecule has 0 spiro atoms. The third-order valence-electron chi connectivity index (χ3n) is 4.63. The van der Waals surface area contributed by atoms with E-state index in [1.165, 1.54) is 19.1 Å². The number of rotatable bonds is 5. The Morgan fingerprint density at radius 2 is 1.93 bits per heavy atom. The first kappa shape index (κ1) is 20.1. The number of sulfone groups is 1. The zero-order valence-corrected chi connectivity index (χ0v) is 15.9. The van der Waals surface area contributed by atoms with Gasteiger partial charge in [-0.1, -0.05) is 0 Å². The van der Waals surface area contributed by atoms with E-state index < -0.39 is 39.6 Å². The van der Waals surface area contributed by atoms with Gasteiger partial charge in [-0.05, 0) is 37.6 Å². The van der Waals surface area contributed by atoms with Crippen molar-refractivity contribution in [2.24, 2.45) is 5.10 Å². The van der Waals surface area contributed by atoms with Crippen LogP contribution in [-0.2, 0) is 24.2 Å². The molecule has 8 nitrogen and oxygen atoms in total. The quantitative estimate of drug-likeness (QED) is 0.531. The molecule has 28 heavy (non-hydrogen) atoms. The average molecular weight is 410 g/mol. The van der Waals surface area contributed by atoms with Gasteiger partial charge < -0.3 is 4.74 Å². The van der Waals surface area contributed by atoms with E-state index in [-0.39, 0.29) is 48.0 Å². The molecule has 0 aromatic heterocycles. The number of carbonyl (C=O) groups excluding carboxylic acids is 3. The van der Waals surface area contributed by atoms with Gasteiger partial charge in [0, 0.05) is 18.4 Å². The number of hydrazone groups is 1. The number of Topliss-reactive ketones (excluding diaryl/α,β-unsaturated/α-hetero) is 1. The second-order valence-electron chi connectivity index (χ2n) is 6.76. The average Bonchev–Trinajstić information content (AvgIpc) is 3.01. The minimum absolute atomic E-state index is 0.00473. The molecule has 1 saturated heterocycles. The van der Waals surface area contributed by atoms with Crippen LogP contribution in [0.1, 0.15) is 36.5 Å². The summed E-state index contributed by atoms with van der Waals surface area (Å²) in [5.74, 6) is -2.41. The van der Waals surface area contributed by atoms with Crippen LogP contribution < -0.4 is 0 Å². The van der Waals surface area contributed by atoms with Gasteiger partial charge in [-0.15, -0.1) is 0 Å². The number of halogens is 1. The largest absolute Gasteiger partial charge is 0.450 e. The lowest BCUT2D eigenvalue weighted by Gasteiger charge is -2.27. The number of ketones is 1. The summed E-state index contributed by atoms with van der Waals surface area (Å²) in [5.41, 5.74) is 0.155. The summed E-state index contributed by atoms with van der Waals surface area (Å²) in [5, 5.41) is 5.06. The van der Waals surface area contributed by atoms with Gasteiger partial charge in [0.2, 0.25) is 11.7 Å². The molecule has 10 heteroatoms. The van der Waals surface area contributed by atoms with Gasteiger partial charge in [0.15, 0.2) is 15.9 Å². The molecule has 0 aliphatic carbocycles. The molecule has 1 aromatic rings. The number of benzene rings is 1.